The summed E-state index contributed by atoms with van der Waals surface area (Å²) in [7, 11) is 1.93. The summed E-state index contributed by atoms with van der Waals surface area (Å²) < 4.78 is 5.63. The number of benzene rings is 1. The maximum Gasteiger partial charge on any atom is 0.321 e. The van der Waals surface area contributed by atoms with E-state index in [0.29, 0.717) is 11.9 Å². The quantitative estimate of drug-likeness (QED) is 0.847. The fraction of sp³-hybridized carbons (Fsp3) is 0.450. The van der Waals surface area contributed by atoms with Gasteiger partial charge in [-0.25, -0.2) is 9.97 Å². The normalized spacial score (nSPS) is 23.6. The first-order valence-electron chi connectivity index (χ1n) is 9.16. The number of carbonyl (C=O) groups is 1. The van der Waals surface area contributed by atoms with Crippen LogP contribution in [0.5, 0.6) is 11.8 Å². The Bertz CT molecular complexity index is 765. The summed E-state index contributed by atoms with van der Waals surface area (Å²) in [6, 6.07) is 10.1. The van der Waals surface area contributed by atoms with Gasteiger partial charge in [0.25, 0.3) is 0 Å². The lowest BCUT2D eigenvalue weighted by Crippen LogP contribution is -2.48. The van der Waals surface area contributed by atoms with Gasteiger partial charge in [0.05, 0.1) is 5.41 Å². The Morgan fingerprint density at radius 1 is 1.12 bits per heavy atom. The molecule has 1 unspecified atom stereocenters. The topological polar surface area (TPSA) is 58.6 Å². The second-order valence-electron chi connectivity index (χ2n) is 7.35. The van der Waals surface area contributed by atoms with Crippen LogP contribution in [0.15, 0.2) is 42.7 Å². The van der Waals surface area contributed by atoms with Crippen LogP contribution in [0.4, 0.5) is 0 Å². The Kier molecular flexibility index (Phi) is 4.59. The van der Waals surface area contributed by atoms with E-state index in [1.165, 1.54) is 5.56 Å². The minimum atomic E-state index is -0.152. The predicted molar refractivity (Wildman–Crippen MR) is 97.7 cm³/mol. The highest BCUT2D eigenvalue weighted by molar-refractivity contribution is 5.83. The molecule has 0 radical (unpaired) electrons. The molecule has 6 heteroatoms. The summed E-state index contributed by atoms with van der Waals surface area (Å²) in [5, 5.41) is 0. The molecule has 0 bridgehead atoms. The molecular weight excluding hydrogens is 328 g/mol. The van der Waals surface area contributed by atoms with Crippen molar-refractivity contribution in [1.29, 1.82) is 0 Å². The maximum atomic E-state index is 12.6. The highest BCUT2D eigenvalue weighted by atomic mass is 16.5. The van der Waals surface area contributed by atoms with Crippen LogP contribution in [0.3, 0.4) is 0 Å². The predicted octanol–water partition coefficient (Wildman–Crippen LogP) is 2.71. The Balaban J connectivity index is 1.37. The van der Waals surface area contributed by atoms with Crippen LogP contribution in [0.25, 0.3) is 0 Å². The number of ether oxygens (including phenoxy) is 1. The summed E-state index contributed by atoms with van der Waals surface area (Å²) in [4.78, 5) is 25.1. The number of aromatic nitrogens is 2. The van der Waals surface area contributed by atoms with Gasteiger partial charge in [0.15, 0.2) is 0 Å². The number of amides is 1. The smallest absolute Gasteiger partial charge is 0.321 e. The molecule has 6 nitrogen and oxygen atoms in total. The SMILES string of the molecule is CN1CCCC2(CCN(Cc3ccc(Oc4ncccn4)cc3)C2)C1=O. The molecule has 2 aliphatic rings. The molecular formula is C20H24N4O2. The van der Waals surface area contributed by atoms with Crippen molar-refractivity contribution in [3.05, 3.63) is 48.3 Å². The molecule has 3 heterocycles. The molecule has 1 amide bonds. The van der Waals surface area contributed by atoms with E-state index in [1.807, 2.05) is 24.1 Å². The van der Waals surface area contributed by atoms with Crippen LogP contribution in [0, 0.1) is 5.41 Å². The van der Waals surface area contributed by atoms with E-state index < -0.39 is 0 Å². The average molecular weight is 352 g/mol. The summed E-state index contributed by atoms with van der Waals surface area (Å²) in [6.45, 7) is 3.61. The molecule has 0 saturated carbocycles. The molecule has 4 rings (SSSR count). The van der Waals surface area contributed by atoms with Gasteiger partial charge in [-0.3, -0.25) is 9.69 Å². The number of likely N-dealkylation sites (tertiary alicyclic amines) is 2. The summed E-state index contributed by atoms with van der Waals surface area (Å²) in [5.74, 6) is 1.06. The van der Waals surface area contributed by atoms with Crippen LogP contribution in [-0.2, 0) is 11.3 Å². The third kappa shape index (κ3) is 3.42. The lowest BCUT2D eigenvalue weighted by Gasteiger charge is -2.37. The highest BCUT2D eigenvalue weighted by Crippen LogP contribution is 2.40. The fourth-order valence-electron chi connectivity index (χ4n) is 4.10. The van der Waals surface area contributed by atoms with Crippen LogP contribution >= 0.6 is 0 Å². The lowest BCUT2D eigenvalue weighted by atomic mass is 9.78. The van der Waals surface area contributed by atoms with Crippen molar-refractivity contribution < 1.29 is 9.53 Å². The van der Waals surface area contributed by atoms with Crippen molar-refractivity contribution >= 4 is 5.91 Å². The molecule has 26 heavy (non-hydrogen) atoms. The molecule has 0 aliphatic carbocycles. The van der Waals surface area contributed by atoms with Crippen LogP contribution in [0.1, 0.15) is 24.8 Å². The van der Waals surface area contributed by atoms with E-state index in [9.17, 15) is 4.79 Å². The van der Waals surface area contributed by atoms with Gasteiger partial charge in [0.2, 0.25) is 5.91 Å². The minimum Gasteiger partial charge on any atom is -0.424 e. The molecule has 1 atom stereocenters. The number of piperidine rings is 1. The van der Waals surface area contributed by atoms with Crippen molar-refractivity contribution in [1.82, 2.24) is 19.8 Å². The Labute approximate surface area is 153 Å². The van der Waals surface area contributed by atoms with Crippen molar-refractivity contribution in [3.8, 4) is 11.8 Å². The molecule has 2 aliphatic heterocycles. The van der Waals surface area contributed by atoms with Crippen molar-refractivity contribution in [3.63, 3.8) is 0 Å². The molecule has 136 valence electrons. The van der Waals surface area contributed by atoms with E-state index in [1.54, 1.807) is 18.5 Å². The number of hydrogen-bond acceptors (Lipinski definition) is 5. The zero-order chi connectivity index (χ0) is 18.0. The summed E-state index contributed by atoms with van der Waals surface area (Å²) in [5.41, 5.74) is 1.07. The average Bonchev–Trinajstić information content (AvgIpc) is 3.06. The summed E-state index contributed by atoms with van der Waals surface area (Å²) in [6.07, 6.45) is 6.43. The Morgan fingerprint density at radius 2 is 1.88 bits per heavy atom. The lowest BCUT2D eigenvalue weighted by molar-refractivity contribution is -0.143. The number of hydrogen-bond donors (Lipinski definition) is 0. The van der Waals surface area contributed by atoms with Gasteiger partial charge in [-0.2, -0.15) is 0 Å². The molecule has 2 saturated heterocycles. The Morgan fingerprint density at radius 3 is 2.65 bits per heavy atom. The monoisotopic (exact) mass is 352 g/mol. The Hall–Kier alpha value is -2.47. The first-order valence-corrected chi connectivity index (χ1v) is 9.16. The standard InChI is InChI=1S/C20H24N4O2/c1-23-12-2-8-20(18(23)25)9-13-24(15-20)14-16-4-6-17(7-5-16)26-19-21-10-3-11-22-19/h3-7,10-11H,2,8-9,12-15H2,1H3. The second kappa shape index (κ2) is 7.03. The number of rotatable bonds is 4. The molecule has 2 aromatic rings. The van der Waals surface area contributed by atoms with E-state index in [4.69, 9.17) is 4.74 Å². The molecule has 1 aromatic heterocycles. The van der Waals surface area contributed by atoms with E-state index in [2.05, 4.69) is 27.0 Å². The molecule has 0 N–H and O–H groups in total. The molecule has 1 aromatic carbocycles. The zero-order valence-corrected chi connectivity index (χ0v) is 15.1. The van der Waals surface area contributed by atoms with Crippen LogP contribution in [0.2, 0.25) is 0 Å². The minimum absolute atomic E-state index is 0.152. The van der Waals surface area contributed by atoms with Gasteiger partial charge in [-0.15, -0.1) is 0 Å². The highest BCUT2D eigenvalue weighted by Gasteiger charge is 2.47. The number of nitrogens with zero attached hydrogens (tertiary/aromatic N) is 4. The van der Waals surface area contributed by atoms with E-state index in [0.717, 1.165) is 51.2 Å². The van der Waals surface area contributed by atoms with Crippen molar-refractivity contribution in [2.24, 2.45) is 5.41 Å². The first kappa shape index (κ1) is 17.0. The number of carbonyl (C=O) groups excluding carboxylic acids is 1. The summed E-state index contributed by atoms with van der Waals surface area (Å²) >= 11 is 0. The molecule has 1 spiro atoms. The van der Waals surface area contributed by atoms with Gasteiger partial charge < -0.3 is 9.64 Å². The molecule has 2 fully saturated rings. The van der Waals surface area contributed by atoms with Gasteiger partial charge >= 0.3 is 6.01 Å². The second-order valence-corrected chi connectivity index (χ2v) is 7.35. The zero-order valence-electron chi connectivity index (χ0n) is 15.1. The van der Waals surface area contributed by atoms with Gasteiger partial charge in [0.1, 0.15) is 5.75 Å². The van der Waals surface area contributed by atoms with Crippen molar-refractivity contribution in [2.75, 3.05) is 26.7 Å². The first-order chi connectivity index (χ1) is 12.6. The largest absolute Gasteiger partial charge is 0.424 e. The van der Waals surface area contributed by atoms with Crippen molar-refractivity contribution in [2.45, 2.75) is 25.8 Å². The van der Waals surface area contributed by atoms with Gasteiger partial charge in [0, 0.05) is 39.1 Å². The third-order valence-electron chi connectivity index (χ3n) is 5.46. The van der Waals surface area contributed by atoms with Crippen LogP contribution in [-0.4, -0.2) is 52.4 Å². The van der Waals surface area contributed by atoms with E-state index in [-0.39, 0.29) is 5.41 Å². The van der Waals surface area contributed by atoms with Gasteiger partial charge in [-0.05, 0) is 49.6 Å². The fourth-order valence-corrected chi connectivity index (χ4v) is 4.10. The third-order valence-corrected chi connectivity index (χ3v) is 5.46. The maximum absolute atomic E-state index is 12.6. The van der Waals surface area contributed by atoms with Crippen LogP contribution < -0.4 is 4.74 Å². The van der Waals surface area contributed by atoms with Gasteiger partial charge in [-0.1, -0.05) is 12.1 Å². The van der Waals surface area contributed by atoms with E-state index >= 15 is 0 Å².